The van der Waals surface area contributed by atoms with Crippen LogP contribution in [0.4, 0.5) is 5.69 Å². The van der Waals surface area contributed by atoms with Crippen molar-refractivity contribution < 1.29 is 14.3 Å². The van der Waals surface area contributed by atoms with Crippen LogP contribution in [0.2, 0.25) is 0 Å². The number of amides is 2. The fourth-order valence-corrected chi connectivity index (χ4v) is 2.39. The van der Waals surface area contributed by atoms with Crippen LogP contribution < -0.4 is 15.4 Å². The third kappa shape index (κ3) is 4.09. The number of carbonyl (C=O) groups is 2. The Hall–Kier alpha value is -2.83. The van der Waals surface area contributed by atoms with Crippen molar-refractivity contribution in [1.29, 1.82) is 0 Å². The molecular weight excluding hydrogens is 296 g/mol. The monoisotopic (exact) mass is 314 g/mol. The van der Waals surface area contributed by atoms with Gasteiger partial charge in [-0.3, -0.25) is 14.3 Å². The molecule has 1 saturated heterocycles. The van der Waals surface area contributed by atoms with Gasteiger partial charge in [0.25, 0.3) is 0 Å². The van der Waals surface area contributed by atoms with Crippen LogP contribution in [0.25, 0.3) is 0 Å². The average molecular weight is 314 g/mol. The molecule has 1 aliphatic heterocycles. The SMILES string of the molecule is O=C1CC[C@@H](C(=O)Nc2cccc(OCCn3cccn3)c2)N1. The minimum Gasteiger partial charge on any atom is -0.492 e. The van der Waals surface area contributed by atoms with Crippen LogP contribution in [-0.2, 0) is 16.1 Å². The molecule has 0 aliphatic carbocycles. The molecular formula is C16H18N4O3. The summed E-state index contributed by atoms with van der Waals surface area (Å²) in [7, 11) is 0. The van der Waals surface area contributed by atoms with E-state index in [-0.39, 0.29) is 11.8 Å². The minimum atomic E-state index is -0.452. The molecule has 2 aromatic rings. The number of anilines is 1. The summed E-state index contributed by atoms with van der Waals surface area (Å²) in [6, 6.07) is 8.60. The molecule has 0 bridgehead atoms. The standard InChI is InChI=1S/C16H18N4O3/c21-15-6-5-14(19-15)16(22)18-12-3-1-4-13(11-12)23-10-9-20-8-2-7-17-20/h1-4,7-8,11,14H,5-6,9-10H2,(H,18,22)(H,19,21)/t14-/m0/s1. The van der Waals surface area contributed by atoms with Crippen molar-refractivity contribution in [2.75, 3.05) is 11.9 Å². The highest BCUT2D eigenvalue weighted by molar-refractivity contribution is 5.99. The molecule has 23 heavy (non-hydrogen) atoms. The number of aromatic nitrogens is 2. The summed E-state index contributed by atoms with van der Waals surface area (Å²) in [4.78, 5) is 23.2. The summed E-state index contributed by atoms with van der Waals surface area (Å²) in [5.74, 6) is 0.385. The van der Waals surface area contributed by atoms with E-state index in [9.17, 15) is 9.59 Å². The number of carbonyl (C=O) groups excluding carboxylic acids is 2. The first kappa shape index (κ1) is 15.1. The summed E-state index contributed by atoms with van der Waals surface area (Å²) < 4.78 is 7.45. The molecule has 2 heterocycles. The number of benzene rings is 1. The van der Waals surface area contributed by atoms with Crippen molar-refractivity contribution in [2.24, 2.45) is 0 Å². The fourth-order valence-electron chi connectivity index (χ4n) is 2.39. The average Bonchev–Trinajstić information content (AvgIpc) is 3.19. The number of hydrogen-bond acceptors (Lipinski definition) is 4. The highest BCUT2D eigenvalue weighted by atomic mass is 16.5. The van der Waals surface area contributed by atoms with Crippen LogP contribution in [0.15, 0.2) is 42.7 Å². The van der Waals surface area contributed by atoms with Gasteiger partial charge in [-0.1, -0.05) is 6.07 Å². The molecule has 1 fully saturated rings. The second kappa shape index (κ2) is 6.95. The third-order valence-corrected chi connectivity index (χ3v) is 3.56. The predicted octanol–water partition coefficient (Wildman–Crippen LogP) is 1.18. The van der Waals surface area contributed by atoms with Crippen molar-refractivity contribution in [1.82, 2.24) is 15.1 Å². The Morgan fingerprint density at radius 2 is 2.35 bits per heavy atom. The fraction of sp³-hybridized carbons (Fsp3) is 0.312. The normalized spacial score (nSPS) is 16.9. The number of nitrogens with one attached hydrogen (secondary N) is 2. The highest BCUT2D eigenvalue weighted by Crippen LogP contribution is 2.18. The van der Waals surface area contributed by atoms with Crippen molar-refractivity contribution in [3.05, 3.63) is 42.7 Å². The molecule has 1 aliphatic rings. The molecule has 7 heteroatoms. The van der Waals surface area contributed by atoms with Gasteiger partial charge in [-0.25, -0.2) is 0 Å². The van der Waals surface area contributed by atoms with Gasteiger partial charge in [-0.15, -0.1) is 0 Å². The van der Waals surface area contributed by atoms with Crippen molar-refractivity contribution in [3.63, 3.8) is 0 Å². The molecule has 0 spiro atoms. The first-order chi connectivity index (χ1) is 11.2. The van der Waals surface area contributed by atoms with Gasteiger partial charge < -0.3 is 15.4 Å². The number of rotatable bonds is 6. The Balaban J connectivity index is 1.52. The van der Waals surface area contributed by atoms with E-state index in [4.69, 9.17) is 4.74 Å². The Morgan fingerprint density at radius 1 is 1.43 bits per heavy atom. The Morgan fingerprint density at radius 3 is 3.09 bits per heavy atom. The second-order valence-electron chi connectivity index (χ2n) is 5.29. The number of nitrogens with zero attached hydrogens (tertiary/aromatic N) is 2. The van der Waals surface area contributed by atoms with Crippen molar-refractivity contribution in [3.8, 4) is 5.75 Å². The smallest absolute Gasteiger partial charge is 0.246 e. The minimum absolute atomic E-state index is 0.0825. The van der Waals surface area contributed by atoms with E-state index in [1.165, 1.54) is 0 Å². The van der Waals surface area contributed by atoms with Gasteiger partial charge in [0.2, 0.25) is 11.8 Å². The molecule has 7 nitrogen and oxygen atoms in total. The maximum atomic E-state index is 12.1. The largest absolute Gasteiger partial charge is 0.492 e. The van der Waals surface area contributed by atoms with Gasteiger partial charge in [0.1, 0.15) is 18.4 Å². The number of hydrogen-bond donors (Lipinski definition) is 2. The highest BCUT2D eigenvalue weighted by Gasteiger charge is 2.27. The lowest BCUT2D eigenvalue weighted by Gasteiger charge is -2.12. The zero-order valence-electron chi connectivity index (χ0n) is 12.6. The van der Waals surface area contributed by atoms with Gasteiger partial charge >= 0.3 is 0 Å². The lowest BCUT2D eigenvalue weighted by Crippen LogP contribution is -2.37. The van der Waals surface area contributed by atoms with E-state index in [0.717, 1.165) is 0 Å². The molecule has 1 aromatic heterocycles. The van der Waals surface area contributed by atoms with Crippen LogP contribution in [0, 0.1) is 0 Å². The predicted molar refractivity (Wildman–Crippen MR) is 84.0 cm³/mol. The van der Waals surface area contributed by atoms with E-state index < -0.39 is 6.04 Å². The number of ether oxygens (including phenoxy) is 1. The Labute approximate surface area is 133 Å². The van der Waals surface area contributed by atoms with Gasteiger partial charge in [-0.05, 0) is 24.6 Å². The topological polar surface area (TPSA) is 85.2 Å². The summed E-state index contributed by atoms with van der Waals surface area (Å²) in [6.45, 7) is 1.13. The summed E-state index contributed by atoms with van der Waals surface area (Å²) >= 11 is 0. The van der Waals surface area contributed by atoms with Crippen molar-refractivity contribution >= 4 is 17.5 Å². The van der Waals surface area contributed by atoms with Gasteiger partial charge in [-0.2, -0.15) is 5.10 Å². The first-order valence-electron chi connectivity index (χ1n) is 7.51. The van der Waals surface area contributed by atoms with Gasteiger partial charge in [0.15, 0.2) is 0 Å². The summed E-state index contributed by atoms with van der Waals surface area (Å²) in [5.41, 5.74) is 0.646. The maximum absolute atomic E-state index is 12.1. The van der Waals surface area contributed by atoms with Crippen LogP contribution in [0.5, 0.6) is 5.75 Å². The first-order valence-corrected chi connectivity index (χ1v) is 7.51. The van der Waals surface area contributed by atoms with E-state index >= 15 is 0 Å². The second-order valence-corrected chi connectivity index (χ2v) is 5.29. The zero-order valence-corrected chi connectivity index (χ0v) is 12.6. The molecule has 2 N–H and O–H groups in total. The van der Waals surface area contributed by atoms with Crippen LogP contribution in [-0.4, -0.2) is 34.2 Å². The van der Waals surface area contributed by atoms with Crippen LogP contribution in [0.1, 0.15) is 12.8 Å². The van der Waals surface area contributed by atoms with E-state index in [1.807, 2.05) is 24.4 Å². The van der Waals surface area contributed by atoms with Gasteiger partial charge in [0, 0.05) is 30.6 Å². The third-order valence-electron chi connectivity index (χ3n) is 3.56. The molecule has 0 saturated carbocycles. The molecule has 1 atom stereocenters. The van der Waals surface area contributed by atoms with E-state index in [1.54, 1.807) is 23.0 Å². The van der Waals surface area contributed by atoms with E-state index in [0.29, 0.717) is 37.4 Å². The maximum Gasteiger partial charge on any atom is 0.246 e. The summed E-state index contributed by atoms with van der Waals surface area (Å²) in [5, 5.41) is 9.54. The van der Waals surface area contributed by atoms with Gasteiger partial charge in [0.05, 0.1) is 6.54 Å². The molecule has 0 unspecified atom stereocenters. The quantitative estimate of drug-likeness (QED) is 0.838. The van der Waals surface area contributed by atoms with Crippen molar-refractivity contribution in [2.45, 2.75) is 25.4 Å². The Kier molecular flexibility index (Phi) is 4.56. The van der Waals surface area contributed by atoms with Crippen LogP contribution in [0.3, 0.4) is 0 Å². The Bertz CT molecular complexity index is 684. The molecule has 0 radical (unpaired) electrons. The molecule has 2 amide bonds. The van der Waals surface area contributed by atoms with E-state index in [2.05, 4.69) is 15.7 Å². The summed E-state index contributed by atoms with van der Waals surface area (Å²) in [6.07, 6.45) is 4.52. The molecule has 3 rings (SSSR count). The van der Waals surface area contributed by atoms with Crippen LogP contribution >= 0.6 is 0 Å². The lowest BCUT2D eigenvalue weighted by atomic mass is 10.2. The zero-order chi connectivity index (χ0) is 16.1. The molecule has 1 aromatic carbocycles. The molecule has 120 valence electrons. The lowest BCUT2D eigenvalue weighted by molar-refractivity contribution is -0.122.